The van der Waals surface area contributed by atoms with E-state index in [0.29, 0.717) is 18.0 Å². The Balaban J connectivity index is 1.87. The molecule has 0 fully saturated rings. The van der Waals surface area contributed by atoms with Crippen LogP contribution in [0.15, 0.2) is 36.5 Å². The van der Waals surface area contributed by atoms with Crippen LogP contribution in [-0.2, 0) is 13.1 Å². The van der Waals surface area contributed by atoms with Gasteiger partial charge in [-0.1, -0.05) is 6.07 Å². The summed E-state index contributed by atoms with van der Waals surface area (Å²) < 4.78 is 5.13. The number of fused-ring (bicyclic) bond motifs is 1. The predicted octanol–water partition coefficient (Wildman–Crippen LogP) is 2.31. The lowest BCUT2D eigenvalue weighted by Gasteiger charge is -2.17. The second kappa shape index (κ2) is 4.85. The van der Waals surface area contributed by atoms with E-state index in [-0.39, 0.29) is 0 Å². The Morgan fingerprint density at radius 3 is 2.80 bits per heavy atom. The predicted molar refractivity (Wildman–Crippen MR) is 74.1 cm³/mol. The van der Waals surface area contributed by atoms with Crippen LogP contribution in [0.3, 0.4) is 0 Å². The van der Waals surface area contributed by atoms with Crippen LogP contribution in [0.2, 0.25) is 0 Å². The minimum atomic E-state index is -0.892. The van der Waals surface area contributed by atoms with Gasteiger partial charge in [0.25, 0.3) is 0 Å². The van der Waals surface area contributed by atoms with Crippen molar-refractivity contribution in [3.63, 3.8) is 0 Å². The van der Waals surface area contributed by atoms with Crippen LogP contribution in [-0.4, -0.2) is 23.2 Å². The molecule has 2 aromatic rings. The van der Waals surface area contributed by atoms with E-state index in [1.807, 2.05) is 18.2 Å². The fourth-order valence-electron chi connectivity index (χ4n) is 2.42. The first kappa shape index (κ1) is 12.5. The Kier molecular flexibility index (Phi) is 3.02. The minimum absolute atomic E-state index is 0.331. The maximum atomic E-state index is 11.0. The van der Waals surface area contributed by atoms with Gasteiger partial charge in [-0.15, -0.1) is 0 Å². The highest BCUT2D eigenvalue weighted by Crippen LogP contribution is 2.30. The van der Waals surface area contributed by atoms with E-state index < -0.39 is 5.97 Å². The van der Waals surface area contributed by atoms with Gasteiger partial charge < -0.3 is 14.7 Å². The molecule has 0 saturated carbocycles. The Hall–Kier alpha value is -2.56. The number of ether oxygens (including phenoxy) is 1. The molecule has 20 heavy (non-hydrogen) atoms. The first-order valence-electron chi connectivity index (χ1n) is 6.27. The molecule has 5 nitrogen and oxygen atoms in total. The van der Waals surface area contributed by atoms with E-state index in [2.05, 4.69) is 9.88 Å². The number of methoxy groups -OCH3 is 1. The number of anilines is 1. The van der Waals surface area contributed by atoms with E-state index in [1.54, 1.807) is 25.4 Å². The molecule has 0 amide bonds. The molecule has 0 atom stereocenters. The second-order valence-corrected chi connectivity index (χ2v) is 4.70. The third kappa shape index (κ3) is 2.18. The number of aromatic nitrogens is 1. The van der Waals surface area contributed by atoms with Crippen molar-refractivity contribution in [2.75, 3.05) is 12.0 Å². The highest BCUT2D eigenvalue weighted by atomic mass is 16.5. The van der Waals surface area contributed by atoms with E-state index in [1.165, 1.54) is 0 Å². The van der Waals surface area contributed by atoms with Crippen LogP contribution < -0.4 is 9.64 Å². The molecule has 1 N–H and O–H groups in total. The average Bonchev–Trinajstić information content (AvgIpc) is 2.90. The number of benzene rings is 1. The maximum absolute atomic E-state index is 11.0. The molecule has 0 aliphatic carbocycles. The number of rotatable bonds is 3. The van der Waals surface area contributed by atoms with Crippen molar-refractivity contribution in [1.29, 1.82) is 0 Å². The SMILES string of the molecule is COc1cc(N2Cc3ccc(C(=O)O)cc3C2)ccn1. The van der Waals surface area contributed by atoms with Crippen molar-refractivity contribution >= 4 is 11.7 Å². The largest absolute Gasteiger partial charge is 0.481 e. The summed E-state index contributed by atoms with van der Waals surface area (Å²) in [6, 6.07) is 9.08. The van der Waals surface area contributed by atoms with E-state index in [4.69, 9.17) is 9.84 Å². The van der Waals surface area contributed by atoms with Gasteiger partial charge in [0, 0.05) is 31.0 Å². The van der Waals surface area contributed by atoms with Crippen LogP contribution in [0.1, 0.15) is 21.5 Å². The Labute approximate surface area is 116 Å². The topological polar surface area (TPSA) is 62.7 Å². The Bertz CT molecular complexity index is 670. The lowest BCUT2D eigenvalue weighted by molar-refractivity contribution is 0.0697. The third-order valence-corrected chi connectivity index (χ3v) is 3.47. The quantitative estimate of drug-likeness (QED) is 0.927. The number of hydrogen-bond donors (Lipinski definition) is 1. The molecule has 5 heteroatoms. The molecule has 1 aromatic heterocycles. The molecule has 102 valence electrons. The van der Waals surface area contributed by atoms with Gasteiger partial charge in [-0.3, -0.25) is 0 Å². The summed E-state index contributed by atoms with van der Waals surface area (Å²) in [7, 11) is 1.59. The first-order chi connectivity index (χ1) is 9.67. The van der Waals surface area contributed by atoms with Crippen LogP contribution in [0.4, 0.5) is 5.69 Å². The van der Waals surface area contributed by atoms with Crippen LogP contribution in [0.25, 0.3) is 0 Å². The van der Waals surface area contributed by atoms with E-state index >= 15 is 0 Å². The summed E-state index contributed by atoms with van der Waals surface area (Å²) in [5.41, 5.74) is 3.56. The number of aromatic carboxylic acids is 1. The van der Waals surface area contributed by atoms with E-state index in [9.17, 15) is 4.79 Å². The summed E-state index contributed by atoms with van der Waals surface area (Å²) in [6.45, 7) is 1.46. The molecule has 0 bridgehead atoms. The number of nitrogens with zero attached hydrogens (tertiary/aromatic N) is 2. The highest BCUT2D eigenvalue weighted by Gasteiger charge is 2.21. The molecule has 1 aliphatic rings. The third-order valence-electron chi connectivity index (χ3n) is 3.47. The van der Waals surface area contributed by atoms with Gasteiger partial charge in [0.2, 0.25) is 5.88 Å². The Morgan fingerprint density at radius 2 is 2.05 bits per heavy atom. The van der Waals surface area contributed by atoms with Gasteiger partial charge in [-0.05, 0) is 29.3 Å². The van der Waals surface area contributed by atoms with Gasteiger partial charge in [-0.2, -0.15) is 0 Å². The molecular formula is C15H14N2O3. The monoisotopic (exact) mass is 270 g/mol. The molecule has 1 aromatic carbocycles. The summed E-state index contributed by atoms with van der Waals surface area (Å²) >= 11 is 0. The number of pyridine rings is 1. The second-order valence-electron chi connectivity index (χ2n) is 4.70. The number of hydrogen-bond acceptors (Lipinski definition) is 4. The normalized spacial score (nSPS) is 13.2. The maximum Gasteiger partial charge on any atom is 0.335 e. The molecule has 0 saturated heterocycles. The van der Waals surface area contributed by atoms with Crippen molar-refractivity contribution in [1.82, 2.24) is 4.98 Å². The smallest absolute Gasteiger partial charge is 0.335 e. The van der Waals surface area contributed by atoms with Crippen molar-refractivity contribution in [3.8, 4) is 5.88 Å². The molecule has 0 spiro atoms. The number of carboxylic acids is 1. The standard InChI is InChI=1S/C15H14N2O3/c1-20-14-7-13(4-5-16-14)17-8-11-3-2-10(15(18)19)6-12(11)9-17/h2-7H,8-9H2,1H3,(H,18,19). The van der Waals surface area contributed by atoms with Gasteiger partial charge in [-0.25, -0.2) is 9.78 Å². The summed E-state index contributed by atoms with van der Waals surface area (Å²) in [4.78, 5) is 17.3. The van der Waals surface area contributed by atoms with Gasteiger partial charge >= 0.3 is 5.97 Å². The molecule has 2 heterocycles. The first-order valence-corrected chi connectivity index (χ1v) is 6.27. The van der Waals surface area contributed by atoms with Crippen LogP contribution >= 0.6 is 0 Å². The lowest BCUT2D eigenvalue weighted by Crippen LogP contribution is -2.14. The molecule has 1 aliphatic heterocycles. The zero-order chi connectivity index (χ0) is 14.1. The zero-order valence-electron chi connectivity index (χ0n) is 11.0. The van der Waals surface area contributed by atoms with Crippen molar-refractivity contribution in [2.24, 2.45) is 0 Å². The highest BCUT2D eigenvalue weighted by molar-refractivity contribution is 5.88. The van der Waals surface area contributed by atoms with Crippen LogP contribution in [0, 0.1) is 0 Å². The lowest BCUT2D eigenvalue weighted by atomic mass is 10.1. The van der Waals surface area contributed by atoms with Crippen molar-refractivity contribution in [2.45, 2.75) is 13.1 Å². The van der Waals surface area contributed by atoms with Gasteiger partial charge in [0.05, 0.1) is 12.7 Å². The number of carbonyl (C=O) groups is 1. The Morgan fingerprint density at radius 1 is 1.25 bits per heavy atom. The van der Waals surface area contributed by atoms with Gasteiger partial charge in [0.15, 0.2) is 0 Å². The minimum Gasteiger partial charge on any atom is -0.481 e. The molecule has 0 unspecified atom stereocenters. The van der Waals surface area contributed by atoms with Crippen LogP contribution in [0.5, 0.6) is 5.88 Å². The fraction of sp³-hybridized carbons (Fsp3) is 0.200. The van der Waals surface area contributed by atoms with Gasteiger partial charge in [0.1, 0.15) is 0 Å². The number of carboxylic acid groups (broad SMARTS) is 1. The summed E-state index contributed by atoms with van der Waals surface area (Å²) in [5, 5.41) is 9.03. The summed E-state index contributed by atoms with van der Waals surface area (Å²) in [6.07, 6.45) is 1.71. The summed E-state index contributed by atoms with van der Waals surface area (Å²) in [5.74, 6) is -0.318. The zero-order valence-corrected chi connectivity index (χ0v) is 11.0. The van der Waals surface area contributed by atoms with Crippen molar-refractivity contribution in [3.05, 3.63) is 53.2 Å². The average molecular weight is 270 g/mol. The molecular weight excluding hydrogens is 256 g/mol. The van der Waals surface area contributed by atoms with Crippen molar-refractivity contribution < 1.29 is 14.6 Å². The van der Waals surface area contributed by atoms with E-state index in [0.717, 1.165) is 23.4 Å². The molecule has 3 rings (SSSR count). The molecule has 0 radical (unpaired) electrons. The fourth-order valence-corrected chi connectivity index (χ4v) is 2.42.